The van der Waals surface area contributed by atoms with Crippen molar-refractivity contribution in [2.45, 2.75) is 51.6 Å². The molecule has 10 nitrogen and oxygen atoms in total. The summed E-state index contributed by atoms with van der Waals surface area (Å²) in [7, 11) is 0. The van der Waals surface area contributed by atoms with Crippen molar-refractivity contribution >= 4 is 34.8 Å². The van der Waals surface area contributed by atoms with Gasteiger partial charge in [-0.2, -0.15) is 4.98 Å². The first-order valence-electron chi connectivity index (χ1n) is 11.0. The second-order valence-electron chi connectivity index (χ2n) is 9.28. The van der Waals surface area contributed by atoms with Crippen molar-refractivity contribution in [2.24, 2.45) is 0 Å². The van der Waals surface area contributed by atoms with Gasteiger partial charge in [-0.3, -0.25) is 4.57 Å². The molecule has 0 atom stereocenters. The standard InChI is InChI=1S/C22H26F3N7O3/c1-21(2,3)30-18-26-12-16-17(29-18)32(14-8-10-31(11-9-14)20(33)34)19(28-16)27-13-4-6-15(7-5-13)35-22(23,24)25/h4-7,12,14H,8-11H2,1-3H3,(H,27,28)(H,33,34)(H,26,29,30). The number of imidazole rings is 1. The van der Waals surface area contributed by atoms with Gasteiger partial charge < -0.3 is 25.4 Å². The maximum Gasteiger partial charge on any atom is 0.573 e. The monoisotopic (exact) mass is 493 g/mol. The minimum atomic E-state index is -4.77. The third kappa shape index (κ3) is 6.03. The van der Waals surface area contributed by atoms with E-state index in [0.29, 0.717) is 54.7 Å². The quantitative estimate of drug-likeness (QED) is 0.455. The van der Waals surface area contributed by atoms with Crippen molar-refractivity contribution in [3.8, 4) is 5.75 Å². The molecule has 1 aromatic carbocycles. The zero-order chi connectivity index (χ0) is 25.4. The fraction of sp³-hybridized carbons (Fsp3) is 0.455. The molecule has 2 aromatic heterocycles. The number of nitrogens with one attached hydrogen (secondary N) is 2. The van der Waals surface area contributed by atoms with Crippen LogP contribution in [0.3, 0.4) is 0 Å². The van der Waals surface area contributed by atoms with Gasteiger partial charge in [-0.25, -0.2) is 14.8 Å². The molecule has 3 heterocycles. The van der Waals surface area contributed by atoms with E-state index in [9.17, 15) is 23.1 Å². The van der Waals surface area contributed by atoms with Gasteiger partial charge in [0, 0.05) is 30.4 Å². The Balaban J connectivity index is 1.67. The van der Waals surface area contributed by atoms with Crippen molar-refractivity contribution in [3.63, 3.8) is 0 Å². The number of anilines is 3. The molecule has 0 aliphatic carbocycles. The lowest BCUT2D eigenvalue weighted by Crippen LogP contribution is -2.38. The van der Waals surface area contributed by atoms with Crippen LogP contribution in [0.4, 0.5) is 35.5 Å². The highest BCUT2D eigenvalue weighted by Crippen LogP contribution is 2.33. The van der Waals surface area contributed by atoms with Gasteiger partial charge in [-0.1, -0.05) is 0 Å². The Morgan fingerprint density at radius 1 is 1.11 bits per heavy atom. The molecule has 1 fully saturated rings. The van der Waals surface area contributed by atoms with E-state index in [1.165, 1.54) is 29.2 Å². The number of likely N-dealkylation sites (tertiary alicyclic amines) is 1. The summed E-state index contributed by atoms with van der Waals surface area (Å²) in [6, 6.07) is 5.23. The van der Waals surface area contributed by atoms with E-state index in [-0.39, 0.29) is 17.3 Å². The number of halogens is 3. The number of hydrogen-bond donors (Lipinski definition) is 3. The van der Waals surface area contributed by atoms with Gasteiger partial charge in [0.05, 0.1) is 6.20 Å². The van der Waals surface area contributed by atoms with Crippen LogP contribution in [0.15, 0.2) is 30.5 Å². The lowest BCUT2D eigenvalue weighted by Gasteiger charge is -2.31. The Hall–Kier alpha value is -3.77. The van der Waals surface area contributed by atoms with Crippen LogP contribution in [0.1, 0.15) is 39.7 Å². The number of carbonyl (C=O) groups is 1. The fourth-order valence-electron chi connectivity index (χ4n) is 3.90. The highest BCUT2D eigenvalue weighted by atomic mass is 19.4. The lowest BCUT2D eigenvalue weighted by molar-refractivity contribution is -0.274. The Bertz CT molecular complexity index is 1200. The van der Waals surface area contributed by atoms with E-state index in [4.69, 9.17) is 0 Å². The summed E-state index contributed by atoms with van der Waals surface area (Å²) in [5, 5.41) is 15.7. The Kier molecular flexibility index (Phi) is 6.34. The van der Waals surface area contributed by atoms with E-state index < -0.39 is 12.5 Å². The molecule has 1 aliphatic heterocycles. The molecule has 13 heteroatoms. The predicted molar refractivity (Wildman–Crippen MR) is 123 cm³/mol. The van der Waals surface area contributed by atoms with Gasteiger partial charge >= 0.3 is 12.5 Å². The van der Waals surface area contributed by atoms with E-state index in [1.807, 2.05) is 25.3 Å². The summed E-state index contributed by atoms with van der Waals surface area (Å²) in [5.74, 6) is 0.524. The van der Waals surface area contributed by atoms with Crippen molar-refractivity contribution in [1.29, 1.82) is 0 Å². The first-order chi connectivity index (χ1) is 16.4. The van der Waals surface area contributed by atoms with E-state index >= 15 is 0 Å². The SMILES string of the molecule is CC(C)(C)Nc1ncc2nc(Nc3ccc(OC(F)(F)F)cc3)n(C3CCN(C(=O)O)CC3)c2n1. The number of nitrogens with zero attached hydrogens (tertiary/aromatic N) is 5. The maximum atomic E-state index is 12.5. The van der Waals surface area contributed by atoms with E-state index in [2.05, 4.69) is 30.3 Å². The largest absolute Gasteiger partial charge is 0.573 e. The molecule has 0 unspecified atom stereocenters. The van der Waals surface area contributed by atoms with Crippen LogP contribution in [-0.2, 0) is 0 Å². The molecule has 3 aromatic rings. The number of rotatable bonds is 5. The minimum Gasteiger partial charge on any atom is -0.465 e. The van der Waals surface area contributed by atoms with Gasteiger partial charge in [-0.05, 0) is 57.9 Å². The highest BCUT2D eigenvalue weighted by molar-refractivity contribution is 5.76. The molecule has 1 aliphatic rings. The second-order valence-corrected chi connectivity index (χ2v) is 9.28. The second kappa shape index (κ2) is 9.12. The lowest BCUT2D eigenvalue weighted by atomic mass is 10.1. The smallest absolute Gasteiger partial charge is 0.465 e. The molecule has 0 bridgehead atoms. The van der Waals surface area contributed by atoms with Crippen molar-refractivity contribution < 1.29 is 27.8 Å². The summed E-state index contributed by atoms with van der Waals surface area (Å²) >= 11 is 0. The third-order valence-corrected chi connectivity index (χ3v) is 5.36. The topological polar surface area (TPSA) is 117 Å². The Morgan fingerprint density at radius 2 is 1.77 bits per heavy atom. The molecule has 1 saturated heterocycles. The molecular formula is C22H26F3N7O3. The Labute approximate surface area is 199 Å². The van der Waals surface area contributed by atoms with Crippen LogP contribution < -0.4 is 15.4 Å². The maximum absolute atomic E-state index is 12.5. The first-order valence-corrected chi connectivity index (χ1v) is 11.0. The minimum absolute atomic E-state index is 0.0941. The zero-order valence-corrected chi connectivity index (χ0v) is 19.4. The summed E-state index contributed by atoms with van der Waals surface area (Å²) in [6.45, 7) is 6.68. The average molecular weight is 493 g/mol. The summed E-state index contributed by atoms with van der Waals surface area (Å²) < 4.78 is 43.2. The van der Waals surface area contributed by atoms with Crippen LogP contribution in [0.25, 0.3) is 11.2 Å². The molecule has 0 saturated carbocycles. The molecule has 0 radical (unpaired) electrons. The van der Waals surface area contributed by atoms with E-state index in [1.54, 1.807) is 6.20 Å². The number of amides is 1. The predicted octanol–water partition coefficient (Wildman–Crippen LogP) is 4.99. The average Bonchev–Trinajstić information content (AvgIpc) is 3.10. The van der Waals surface area contributed by atoms with Crippen molar-refractivity contribution in [3.05, 3.63) is 30.5 Å². The number of hydrogen-bond acceptors (Lipinski definition) is 7. The van der Waals surface area contributed by atoms with Crippen LogP contribution in [0.5, 0.6) is 5.75 Å². The highest BCUT2D eigenvalue weighted by Gasteiger charge is 2.31. The van der Waals surface area contributed by atoms with Crippen LogP contribution in [-0.4, -0.2) is 60.6 Å². The number of alkyl halides is 3. The number of fused-ring (bicyclic) bond motifs is 1. The number of ether oxygens (including phenoxy) is 1. The van der Waals surface area contributed by atoms with Crippen LogP contribution in [0.2, 0.25) is 0 Å². The van der Waals surface area contributed by atoms with Gasteiger partial charge in [0.25, 0.3) is 0 Å². The van der Waals surface area contributed by atoms with E-state index in [0.717, 1.165) is 0 Å². The molecular weight excluding hydrogens is 467 g/mol. The van der Waals surface area contributed by atoms with Crippen LogP contribution in [0, 0.1) is 0 Å². The molecule has 4 rings (SSSR count). The van der Waals surface area contributed by atoms with Crippen LogP contribution >= 0.6 is 0 Å². The summed E-state index contributed by atoms with van der Waals surface area (Å²) in [5.41, 5.74) is 1.33. The van der Waals surface area contributed by atoms with Crippen molar-refractivity contribution in [1.82, 2.24) is 24.4 Å². The third-order valence-electron chi connectivity index (χ3n) is 5.36. The number of benzene rings is 1. The molecule has 35 heavy (non-hydrogen) atoms. The molecule has 0 spiro atoms. The van der Waals surface area contributed by atoms with Gasteiger partial charge in [-0.15, -0.1) is 13.2 Å². The number of piperidine rings is 1. The molecule has 1 amide bonds. The number of carboxylic acid groups (broad SMARTS) is 1. The van der Waals surface area contributed by atoms with Gasteiger partial charge in [0.15, 0.2) is 5.65 Å². The fourth-order valence-corrected chi connectivity index (χ4v) is 3.90. The summed E-state index contributed by atoms with van der Waals surface area (Å²) in [6.07, 6.45) is -3.03. The normalized spacial score (nSPS) is 15.3. The van der Waals surface area contributed by atoms with Gasteiger partial charge in [0.1, 0.15) is 11.3 Å². The van der Waals surface area contributed by atoms with Crippen molar-refractivity contribution in [2.75, 3.05) is 23.7 Å². The first kappa shape index (κ1) is 24.4. The Morgan fingerprint density at radius 3 is 2.34 bits per heavy atom. The zero-order valence-electron chi connectivity index (χ0n) is 19.4. The molecule has 188 valence electrons. The number of aromatic nitrogens is 4. The van der Waals surface area contributed by atoms with Gasteiger partial charge in [0.2, 0.25) is 11.9 Å². The molecule has 3 N–H and O–H groups in total. The summed E-state index contributed by atoms with van der Waals surface area (Å²) in [4.78, 5) is 26.3.